The third kappa shape index (κ3) is 2.13. The summed E-state index contributed by atoms with van der Waals surface area (Å²) in [5, 5.41) is 3.22. The van der Waals surface area contributed by atoms with Gasteiger partial charge in [-0.2, -0.15) is 4.55 Å². The Bertz CT molecular complexity index is 610. The van der Waals surface area contributed by atoms with Crippen molar-refractivity contribution in [3.8, 4) is 0 Å². The predicted molar refractivity (Wildman–Crippen MR) is 72.6 cm³/mol. The van der Waals surface area contributed by atoms with E-state index in [0.29, 0.717) is 5.11 Å². The number of hydrogen-bond donors (Lipinski definition) is 2. The number of thiocarbonyl (C=S) groups is 1. The summed E-state index contributed by atoms with van der Waals surface area (Å²) >= 11 is 5.12. The smallest absolute Gasteiger partial charge is 0.218 e. The number of nitrogens with one attached hydrogen (secondary N) is 1. The van der Waals surface area contributed by atoms with E-state index in [1.807, 2.05) is 0 Å². The van der Waals surface area contributed by atoms with Gasteiger partial charge in [-0.05, 0) is 24.4 Å². The molecule has 3 rings (SSSR count). The largest absolute Gasteiger partial charge is 0.352 e. The molecule has 0 spiro atoms. The van der Waals surface area contributed by atoms with Crippen molar-refractivity contribution in [2.24, 2.45) is 0 Å². The van der Waals surface area contributed by atoms with E-state index >= 15 is 0 Å². The van der Waals surface area contributed by atoms with E-state index in [1.165, 1.54) is 11.0 Å². The highest BCUT2D eigenvalue weighted by atomic mass is 32.3. The van der Waals surface area contributed by atoms with Crippen LogP contribution in [0.2, 0.25) is 0 Å². The maximum atomic E-state index is 13.8. The summed E-state index contributed by atoms with van der Waals surface area (Å²) in [6.07, 6.45) is 0. The molecule has 2 fully saturated rings. The van der Waals surface area contributed by atoms with Crippen molar-refractivity contribution in [3.05, 3.63) is 29.8 Å². The van der Waals surface area contributed by atoms with Gasteiger partial charge >= 0.3 is 0 Å². The van der Waals surface area contributed by atoms with Crippen LogP contribution in [0.1, 0.15) is 0 Å². The minimum atomic E-state index is -2.90. The molecule has 2 saturated heterocycles. The highest BCUT2D eigenvalue weighted by Gasteiger charge is 2.54. The van der Waals surface area contributed by atoms with Crippen molar-refractivity contribution in [1.29, 1.82) is 0 Å². The van der Waals surface area contributed by atoms with Crippen molar-refractivity contribution in [3.63, 3.8) is 0 Å². The molecule has 1 aromatic carbocycles. The molecule has 2 aliphatic rings. The average Bonchev–Trinajstić information content (AvgIpc) is 2.70. The Kier molecular flexibility index (Phi) is 2.84. The predicted octanol–water partition coefficient (Wildman–Crippen LogP) is 1.38. The van der Waals surface area contributed by atoms with E-state index in [1.54, 1.807) is 0 Å². The van der Waals surface area contributed by atoms with E-state index in [0.717, 1.165) is 12.1 Å². The fourth-order valence-corrected chi connectivity index (χ4v) is 4.88. The molecule has 102 valence electrons. The number of nitrogens with zero attached hydrogens (tertiary/aromatic N) is 1. The van der Waals surface area contributed by atoms with E-state index in [2.05, 4.69) is 5.32 Å². The first kappa shape index (κ1) is 12.9. The monoisotopic (exact) mass is 305 g/mol. The molecule has 2 aliphatic heterocycles. The molecular formula is C11H11F2N2O2S2+. The molecule has 8 heteroatoms. The SMILES string of the molecule is O=[S+]1(O)C[C@H]2NC(=S)N(c3ccc(F)cc3F)[C@H]2C1. The fourth-order valence-electron chi connectivity index (χ4n) is 2.58. The first-order chi connectivity index (χ1) is 8.87. The van der Waals surface area contributed by atoms with Gasteiger partial charge in [-0.3, -0.25) is 0 Å². The van der Waals surface area contributed by atoms with E-state index < -0.39 is 21.8 Å². The second-order valence-electron chi connectivity index (χ2n) is 4.69. The zero-order valence-electron chi connectivity index (χ0n) is 9.68. The number of rotatable bonds is 1. The van der Waals surface area contributed by atoms with Crippen LogP contribution < -0.4 is 10.2 Å². The van der Waals surface area contributed by atoms with Crippen LogP contribution >= 0.6 is 12.2 Å². The molecule has 0 bridgehead atoms. The maximum Gasteiger partial charge on any atom is 0.218 e. The summed E-state index contributed by atoms with van der Waals surface area (Å²) in [5.74, 6) is -1.28. The van der Waals surface area contributed by atoms with Gasteiger partial charge in [-0.15, -0.1) is 0 Å². The number of anilines is 1. The number of hydrogen-bond acceptors (Lipinski definition) is 2. The first-order valence-corrected chi connectivity index (χ1v) is 7.90. The lowest BCUT2D eigenvalue weighted by molar-refractivity contribution is 0.502. The lowest BCUT2D eigenvalue weighted by Gasteiger charge is -2.22. The molecule has 3 atom stereocenters. The van der Waals surface area contributed by atoms with Crippen molar-refractivity contribution < 1.29 is 17.5 Å². The number of fused-ring (bicyclic) bond motifs is 1. The molecule has 0 aliphatic carbocycles. The molecule has 0 radical (unpaired) electrons. The highest BCUT2D eigenvalue weighted by molar-refractivity contribution is 7.98. The molecule has 2 N–H and O–H groups in total. The summed E-state index contributed by atoms with van der Waals surface area (Å²) in [6, 6.07) is 2.56. The van der Waals surface area contributed by atoms with Crippen LogP contribution in [0.15, 0.2) is 18.2 Å². The molecule has 1 unspecified atom stereocenters. The minimum absolute atomic E-state index is 0.0294. The second kappa shape index (κ2) is 4.19. The lowest BCUT2D eigenvalue weighted by Crippen LogP contribution is -2.38. The van der Waals surface area contributed by atoms with Gasteiger partial charge in [0.2, 0.25) is 10.2 Å². The van der Waals surface area contributed by atoms with Crippen LogP contribution in [0, 0.1) is 11.6 Å². The van der Waals surface area contributed by atoms with Gasteiger partial charge in [0.05, 0.1) is 5.69 Å². The van der Waals surface area contributed by atoms with Crippen molar-refractivity contribution in [2.75, 3.05) is 16.4 Å². The van der Waals surface area contributed by atoms with Crippen LogP contribution in [-0.2, 0) is 14.4 Å². The lowest BCUT2D eigenvalue weighted by atomic mass is 10.1. The third-order valence-corrected chi connectivity index (χ3v) is 5.42. The Morgan fingerprint density at radius 1 is 1.42 bits per heavy atom. The van der Waals surface area contributed by atoms with Gasteiger partial charge in [0, 0.05) is 6.07 Å². The van der Waals surface area contributed by atoms with Gasteiger partial charge in [0.15, 0.2) is 16.6 Å². The maximum absolute atomic E-state index is 13.8. The van der Waals surface area contributed by atoms with Crippen LogP contribution in [0.5, 0.6) is 0 Å². The molecule has 0 aromatic heterocycles. The quantitative estimate of drug-likeness (QED) is 0.606. The zero-order chi connectivity index (χ0) is 13.8. The van der Waals surface area contributed by atoms with Gasteiger partial charge < -0.3 is 10.2 Å². The average molecular weight is 305 g/mol. The fraction of sp³-hybridized carbons (Fsp3) is 0.364. The summed E-state index contributed by atoms with van der Waals surface area (Å²) in [5.41, 5.74) is 0.128. The Hall–Kier alpha value is -1.12. The number of halogens is 2. The Morgan fingerprint density at radius 2 is 2.16 bits per heavy atom. The van der Waals surface area contributed by atoms with Gasteiger partial charge in [-0.1, -0.05) is 4.21 Å². The van der Waals surface area contributed by atoms with Crippen LogP contribution in [-0.4, -0.2) is 33.3 Å². The molecule has 19 heavy (non-hydrogen) atoms. The highest BCUT2D eigenvalue weighted by Crippen LogP contribution is 2.33. The van der Waals surface area contributed by atoms with Crippen molar-refractivity contribution in [1.82, 2.24) is 5.32 Å². The molecular weight excluding hydrogens is 294 g/mol. The molecule has 2 heterocycles. The van der Waals surface area contributed by atoms with Crippen LogP contribution in [0.4, 0.5) is 14.5 Å². The van der Waals surface area contributed by atoms with Gasteiger partial charge in [0.1, 0.15) is 23.7 Å². The number of benzene rings is 1. The van der Waals surface area contributed by atoms with Gasteiger partial charge in [0.25, 0.3) is 0 Å². The molecule has 1 aromatic rings. The Labute approximate surface area is 115 Å². The summed E-state index contributed by atoms with van der Waals surface area (Å²) in [4.78, 5) is 1.47. The normalized spacial score (nSPS) is 33.4. The molecule has 4 nitrogen and oxygen atoms in total. The van der Waals surface area contributed by atoms with Crippen LogP contribution in [0.3, 0.4) is 0 Å². The summed E-state index contributed by atoms with van der Waals surface area (Å²) in [6.45, 7) is 0. The van der Waals surface area contributed by atoms with Crippen molar-refractivity contribution >= 4 is 33.2 Å². The topological polar surface area (TPSA) is 52.6 Å². The Balaban J connectivity index is 2.00. The standard InChI is InChI=1S/C11H10F2N2O2S2/c12-6-1-2-9(7(13)3-6)15-10-5-19(16,17)4-8(10)14-11(15)18/h1-3,8,10H,4-5H2,(H-,14,16,17,18)/p+1/t8-,10+/m1/s1. The van der Waals surface area contributed by atoms with Gasteiger partial charge in [-0.25, -0.2) is 8.78 Å². The first-order valence-electron chi connectivity index (χ1n) is 5.64. The van der Waals surface area contributed by atoms with Crippen molar-refractivity contribution in [2.45, 2.75) is 12.1 Å². The zero-order valence-corrected chi connectivity index (χ0v) is 11.3. The minimum Gasteiger partial charge on any atom is -0.352 e. The second-order valence-corrected chi connectivity index (χ2v) is 7.29. The van der Waals surface area contributed by atoms with Crippen LogP contribution in [0.25, 0.3) is 0 Å². The van der Waals surface area contributed by atoms with E-state index in [-0.39, 0.29) is 29.3 Å². The summed E-state index contributed by atoms with van der Waals surface area (Å²) < 4.78 is 48.1. The Morgan fingerprint density at radius 3 is 2.84 bits per heavy atom. The molecule has 0 saturated carbocycles. The van der Waals surface area contributed by atoms with E-state index in [9.17, 15) is 17.5 Å². The molecule has 0 amide bonds. The van der Waals surface area contributed by atoms with E-state index in [4.69, 9.17) is 12.2 Å². The third-order valence-electron chi connectivity index (χ3n) is 3.36. The summed E-state index contributed by atoms with van der Waals surface area (Å²) in [7, 11) is -2.90.